The highest BCUT2D eigenvalue weighted by Crippen LogP contribution is 2.23. The second-order valence-electron chi connectivity index (χ2n) is 4.57. The molecule has 0 aliphatic heterocycles. The normalized spacial score (nSPS) is 12.2. The summed E-state index contributed by atoms with van der Waals surface area (Å²) in [4.78, 5) is 0. The second-order valence-corrected chi connectivity index (χ2v) is 4.98. The van der Waals surface area contributed by atoms with Crippen molar-refractivity contribution in [2.75, 3.05) is 0 Å². The molecule has 2 N–H and O–H groups in total. The predicted molar refractivity (Wildman–Crippen MR) is 79.4 cm³/mol. The molecule has 2 aromatic carbocycles. The third-order valence-electron chi connectivity index (χ3n) is 3.19. The van der Waals surface area contributed by atoms with Crippen molar-refractivity contribution in [1.82, 2.24) is 0 Å². The summed E-state index contributed by atoms with van der Waals surface area (Å²) < 4.78 is 19.1. The summed E-state index contributed by atoms with van der Waals surface area (Å²) in [6.07, 6.45) is 0.880. The summed E-state index contributed by atoms with van der Waals surface area (Å²) >= 11 is 5.94. The van der Waals surface area contributed by atoms with Gasteiger partial charge in [-0.1, -0.05) is 36.7 Å². The van der Waals surface area contributed by atoms with Gasteiger partial charge in [0.15, 0.2) is 0 Å². The molecule has 0 aromatic heterocycles. The average Bonchev–Trinajstić information content (AvgIpc) is 2.46. The van der Waals surface area contributed by atoms with Crippen molar-refractivity contribution in [3.8, 4) is 5.75 Å². The van der Waals surface area contributed by atoms with E-state index in [-0.39, 0.29) is 18.5 Å². The molecule has 0 bridgehead atoms. The predicted octanol–water partition coefficient (Wildman–Crippen LogP) is 4.47. The molecule has 0 spiro atoms. The van der Waals surface area contributed by atoms with Crippen molar-refractivity contribution < 1.29 is 9.13 Å². The summed E-state index contributed by atoms with van der Waals surface area (Å²) in [7, 11) is 0. The molecule has 0 saturated carbocycles. The van der Waals surface area contributed by atoms with Crippen LogP contribution in [0.1, 0.15) is 30.5 Å². The lowest BCUT2D eigenvalue weighted by Crippen LogP contribution is -2.08. The van der Waals surface area contributed by atoms with Crippen molar-refractivity contribution in [3.05, 3.63) is 64.4 Å². The SMILES string of the molecule is CC[C@H](N)c1ccc(OCc2c(F)cccc2Cl)cc1. The van der Waals surface area contributed by atoms with Crippen LogP contribution in [0.3, 0.4) is 0 Å². The third-order valence-corrected chi connectivity index (χ3v) is 3.55. The van der Waals surface area contributed by atoms with E-state index < -0.39 is 0 Å². The van der Waals surface area contributed by atoms with E-state index in [1.807, 2.05) is 31.2 Å². The van der Waals surface area contributed by atoms with Crippen LogP contribution >= 0.6 is 11.6 Å². The van der Waals surface area contributed by atoms with Gasteiger partial charge in [0.25, 0.3) is 0 Å². The number of nitrogens with two attached hydrogens (primary N) is 1. The lowest BCUT2D eigenvalue weighted by Gasteiger charge is -2.11. The number of hydrogen-bond donors (Lipinski definition) is 1. The van der Waals surface area contributed by atoms with Crippen LogP contribution in [0.15, 0.2) is 42.5 Å². The van der Waals surface area contributed by atoms with E-state index in [4.69, 9.17) is 22.1 Å². The minimum Gasteiger partial charge on any atom is -0.489 e. The molecule has 0 aliphatic carbocycles. The Morgan fingerprint density at radius 2 is 1.90 bits per heavy atom. The van der Waals surface area contributed by atoms with Gasteiger partial charge in [-0.2, -0.15) is 0 Å². The lowest BCUT2D eigenvalue weighted by atomic mass is 10.1. The molecule has 2 nitrogen and oxygen atoms in total. The molecule has 0 fully saturated rings. The first-order valence-corrected chi connectivity index (χ1v) is 6.91. The molecule has 0 aliphatic rings. The first-order valence-electron chi connectivity index (χ1n) is 6.53. The number of hydrogen-bond acceptors (Lipinski definition) is 2. The second kappa shape index (κ2) is 6.73. The fourth-order valence-electron chi connectivity index (χ4n) is 1.87. The molecular weight excluding hydrogens is 277 g/mol. The Kier molecular flexibility index (Phi) is 4.99. The zero-order valence-corrected chi connectivity index (χ0v) is 12.0. The van der Waals surface area contributed by atoms with Gasteiger partial charge >= 0.3 is 0 Å². The minimum atomic E-state index is -0.359. The molecule has 0 saturated heterocycles. The van der Waals surface area contributed by atoms with Gasteiger partial charge in [0.2, 0.25) is 0 Å². The van der Waals surface area contributed by atoms with Gasteiger partial charge in [0, 0.05) is 11.6 Å². The third kappa shape index (κ3) is 3.50. The monoisotopic (exact) mass is 293 g/mol. The standard InChI is InChI=1S/C16H17ClFNO/c1-2-16(19)11-6-8-12(9-7-11)20-10-13-14(17)4-3-5-15(13)18/h3-9,16H,2,10,19H2,1H3/t16-/m0/s1. The van der Waals surface area contributed by atoms with Crippen molar-refractivity contribution in [2.45, 2.75) is 26.0 Å². The highest BCUT2D eigenvalue weighted by atomic mass is 35.5. The molecule has 2 aromatic rings. The molecule has 0 radical (unpaired) electrons. The molecule has 1 atom stereocenters. The minimum absolute atomic E-state index is 0.0325. The van der Waals surface area contributed by atoms with Crippen molar-refractivity contribution in [3.63, 3.8) is 0 Å². The zero-order valence-electron chi connectivity index (χ0n) is 11.3. The van der Waals surface area contributed by atoms with Crippen LogP contribution in [0.4, 0.5) is 4.39 Å². The van der Waals surface area contributed by atoms with Crippen LogP contribution in [0.2, 0.25) is 5.02 Å². The van der Waals surface area contributed by atoms with Crippen LogP contribution in [-0.4, -0.2) is 0 Å². The van der Waals surface area contributed by atoms with Crippen LogP contribution in [0, 0.1) is 5.82 Å². The van der Waals surface area contributed by atoms with Gasteiger partial charge in [-0.3, -0.25) is 0 Å². The van der Waals surface area contributed by atoms with Crippen LogP contribution < -0.4 is 10.5 Å². The Morgan fingerprint density at radius 3 is 2.50 bits per heavy atom. The highest BCUT2D eigenvalue weighted by molar-refractivity contribution is 6.31. The van der Waals surface area contributed by atoms with Crippen LogP contribution in [0.25, 0.3) is 0 Å². The molecule has 0 heterocycles. The quantitative estimate of drug-likeness (QED) is 0.883. The maximum absolute atomic E-state index is 13.6. The van der Waals surface area contributed by atoms with Crippen molar-refractivity contribution in [1.29, 1.82) is 0 Å². The van der Waals surface area contributed by atoms with Gasteiger partial charge in [-0.05, 0) is 36.2 Å². The number of benzene rings is 2. The lowest BCUT2D eigenvalue weighted by molar-refractivity contribution is 0.300. The molecule has 0 amide bonds. The van der Waals surface area contributed by atoms with E-state index in [1.165, 1.54) is 6.07 Å². The van der Waals surface area contributed by atoms with E-state index >= 15 is 0 Å². The summed E-state index contributed by atoms with van der Waals surface area (Å²) in [6, 6.07) is 12.1. The summed E-state index contributed by atoms with van der Waals surface area (Å²) in [5.41, 5.74) is 7.36. The number of ether oxygens (including phenoxy) is 1. The summed E-state index contributed by atoms with van der Waals surface area (Å²) in [5, 5.41) is 0.370. The Labute approximate surface area is 123 Å². The largest absolute Gasteiger partial charge is 0.489 e. The van der Waals surface area contributed by atoms with Crippen molar-refractivity contribution >= 4 is 11.6 Å². The Hall–Kier alpha value is -1.58. The Bertz CT molecular complexity index is 551. The van der Waals surface area contributed by atoms with Crippen molar-refractivity contribution in [2.24, 2.45) is 5.73 Å². The van der Waals surface area contributed by atoms with E-state index in [2.05, 4.69) is 0 Å². The fourth-order valence-corrected chi connectivity index (χ4v) is 2.09. The molecule has 4 heteroatoms. The molecular formula is C16H17ClFNO. The highest BCUT2D eigenvalue weighted by Gasteiger charge is 2.08. The van der Waals surface area contributed by atoms with Gasteiger partial charge in [-0.15, -0.1) is 0 Å². The van der Waals surface area contributed by atoms with E-state index in [9.17, 15) is 4.39 Å². The fraction of sp³-hybridized carbons (Fsp3) is 0.250. The van der Waals surface area contributed by atoms with Gasteiger partial charge in [0.05, 0.1) is 5.02 Å². The summed E-state index contributed by atoms with van der Waals surface area (Å²) in [6.45, 7) is 2.14. The zero-order chi connectivity index (χ0) is 14.5. The molecule has 0 unspecified atom stereocenters. The van der Waals surface area contributed by atoms with Crippen LogP contribution in [-0.2, 0) is 6.61 Å². The van der Waals surface area contributed by atoms with E-state index in [0.717, 1.165) is 12.0 Å². The first kappa shape index (κ1) is 14.8. The van der Waals surface area contributed by atoms with Gasteiger partial charge in [0.1, 0.15) is 18.2 Å². The Morgan fingerprint density at radius 1 is 1.20 bits per heavy atom. The molecule has 106 valence electrons. The first-order chi connectivity index (χ1) is 9.61. The maximum Gasteiger partial charge on any atom is 0.131 e. The van der Waals surface area contributed by atoms with Gasteiger partial charge in [-0.25, -0.2) is 4.39 Å². The number of rotatable bonds is 5. The van der Waals surface area contributed by atoms with Gasteiger partial charge < -0.3 is 10.5 Å². The van der Waals surface area contributed by atoms with Crippen LogP contribution in [0.5, 0.6) is 5.75 Å². The van der Waals surface area contributed by atoms with E-state index in [1.54, 1.807) is 12.1 Å². The Balaban J connectivity index is 2.04. The topological polar surface area (TPSA) is 35.2 Å². The molecule has 20 heavy (non-hydrogen) atoms. The van der Waals surface area contributed by atoms with E-state index in [0.29, 0.717) is 16.3 Å². The smallest absolute Gasteiger partial charge is 0.131 e. The maximum atomic E-state index is 13.6. The summed E-state index contributed by atoms with van der Waals surface area (Å²) in [5.74, 6) is 0.304. The molecule has 2 rings (SSSR count). The number of halogens is 2. The average molecular weight is 294 g/mol.